The summed E-state index contributed by atoms with van der Waals surface area (Å²) in [6, 6.07) is 8.51. The Labute approximate surface area is 95.1 Å². The van der Waals surface area contributed by atoms with Gasteiger partial charge in [-0.3, -0.25) is 0 Å². The summed E-state index contributed by atoms with van der Waals surface area (Å²) >= 11 is 0. The molecule has 0 amide bonds. The highest BCUT2D eigenvalue weighted by Gasteiger charge is 2.02. The van der Waals surface area contributed by atoms with Gasteiger partial charge in [0, 0.05) is 0 Å². The zero-order valence-electron chi connectivity index (χ0n) is 9.59. The molecule has 0 spiro atoms. The lowest BCUT2D eigenvalue weighted by Crippen LogP contribution is -2.06. The molecule has 1 heterocycles. The monoisotopic (exact) mass is 216 g/mol. The minimum absolute atomic E-state index is 0.452. The maximum absolute atomic E-state index is 5.66. The van der Waals surface area contributed by atoms with Gasteiger partial charge in [0.1, 0.15) is 6.33 Å². The van der Waals surface area contributed by atoms with Crippen molar-refractivity contribution >= 4 is 5.95 Å². The van der Waals surface area contributed by atoms with Crippen molar-refractivity contribution in [3.63, 3.8) is 0 Å². The van der Waals surface area contributed by atoms with Crippen LogP contribution in [0.25, 0.3) is 0 Å². The summed E-state index contributed by atoms with van der Waals surface area (Å²) < 4.78 is 1.68. The van der Waals surface area contributed by atoms with Crippen molar-refractivity contribution in [2.75, 3.05) is 5.73 Å². The van der Waals surface area contributed by atoms with E-state index in [1.165, 1.54) is 17.5 Å². The Balaban J connectivity index is 2.14. The molecule has 2 aromatic rings. The largest absolute Gasteiger partial charge is 0.368 e. The van der Waals surface area contributed by atoms with Crippen molar-refractivity contribution < 1.29 is 0 Å². The highest BCUT2D eigenvalue weighted by molar-refractivity contribution is 5.26. The van der Waals surface area contributed by atoms with E-state index in [1.54, 1.807) is 4.68 Å². The van der Waals surface area contributed by atoms with E-state index in [1.807, 2.05) is 0 Å². The second-order valence-electron chi connectivity index (χ2n) is 4.17. The lowest BCUT2D eigenvalue weighted by Gasteiger charge is -2.07. The first-order valence-electron chi connectivity index (χ1n) is 5.39. The van der Waals surface area contributed by atoms with Crippen LogP contribution in [0, 0.1) is 0 Å². The van der Waals surface area contributed by atoms with Crippen LogP contribution in [-0.2, 0) is 6.54 Å². The Kier molecular flexibility index (Phi) is 2.90. The van der Waals surface area contributed by atoms with Crippen molar-refractivity contribution in [3.8, 4) is 0 Å². The van der Waals surface area contributed by atoms with Gasteiger partial charge in [0.2, 0.25) is 5.95 Å². The summed E-state index contributed by atoms with van der Waals surface area (Å²) in [5, 5.41) is 4.05. The van der Waals surface area contributed by atoms with Gasteiger partial charge in [0.15, 0.2) is 0 Å². The topological polar surface area (TPSA) is 56.7 Å². The Morgan fingerprint density at radius 3 is 2.44 bits per heavy atom. The minimum atomic E-state index is 0.452. The number of nitrogen functional groups attached to an aromatic ring is 1. The predicted octanol–water partition coefficient (Wildman–Crippen LogP) is 2.03. The van der Waals surface area contributed by atoms with Crippen molar-refractivity contribution in [1.82, 2.24) is 14.8 Å². The second-order valence-corrected chi connectivity index (χ2v) is 4.17. The van der Waals surface area contributed by atoms with Gasteiger partial charge < -0.3 is 5.73 Å². The average molecular weight is 216 g/mol. The quantitative estimate of drug-likeness (QED) is 0.854. The van der Waals surface area contributed by atoms with Gasteiger partial charge in [0.25, 0.3) is 0 Å². The summed E-state index contributed by atoms with van der Waals surface area (Å²) in [5.41, 5.74) is 8.18. The fraction of sp³-hybridized carbons (Fsp3) is 0.333. The minimum Gasteiger partial charge on any atom is -0.368 e. The number of rotatable bonds is 3. The average Bonchev–Trinajstić information content (AvgIpc) is 2.65. The third-order valence-corrected chi connectivity index (χ3v) is 2.62. The van der Waals surface area contributed by atoms with Crippen molar-refractivity contribution in [2.45, 2.75) is 26.3 Å². The molecule has 0 unspecified atom stereocenters. The van der Waals surface area contributed by atoms with E-state index in [4.69, 9.17) is 5.73 Å². The Morgan fingerprint density at radius 1 is 1.25 bits per heavy atom. The summed E-state index contributed by atoms with van der Waals surface area (Å²) in [5.74, 6) is 1.01. The Hall–Kier alpha value is -1.84. The van der Waals surface area contributed by atoms with Gasteiger partial charge in [-0.05, 0) is 17.0 Å². The van der Waals surface area contributed by atoms with Crippen LogP contribution in [0.2, 0.25) is 0 Å². The highest BCUT2D eigenvalue weighted by atomic mass is 15.4. The zero-order valence-corrected chi connectivity index (χ0v) is 9.59. The number of hydrogen-bond donors (Lipinski definition) is 1. The second kappa shape index (κ2) is 4.35. The first-order chi connectivity index (χ1) is 7.66. The van der Waals surface area contributed by atoms with Gasteiger partial charge in [-0.2, -0.15) is 5.10 Å². The van der Waals surface area contributed by atoms with Gasteiger partial charge in [-0.25, -0.2) is 9.67 Å². The zero-order chi connectivity index (χ0) is 11.5. The van der Waals surface area contributed by atoms with Crippen LogP contribution in [0.3, 0.4) is 0 Å². The summed E-state index contributed by atoms with van der Waals surface area (Å²) in [4.78, 5) is 3.89. The van der Waals surface area contributed by atoms with E-state index in [9.17, 15) is 0 Å². The molecule has 16 heavy (non-hydrogen) atoms. The Morgan fingerprint density at radius 2 is 1.94 bits per heavy atom. The number of nitrogens with two attached hydrogens (primary N) is 1. The third kappa shape index (κ3) is 2.21. The van der Waals surface area contributed by atoms with E-state index >= 15 is 0 Å². The number of hydrogen-bond acceptors (Lipinski definition) is 3. The molecule has 0 saturated heterocycles. The van der Waals surface area contributed by atoms with Gasteiger partial charge in [-0.15, -0.1) is 0 Å². The molecule has 0 saturated carbocycles. The van der Waals surface area contributed by atoms with Crippen molar-refractivity contribution in [1.29, 1.82) is 0 Å². The van der Waals surface area contributed by atoms with Crippen LogP contribution in [0.5, 0.6) is 0 Å². The molecule has 4 heteroatoms. The molecule has 2 N–H and O–H groups in total. The molecule has 4 nitrogen and oxygen atoms in total. The number of anilines is 1. The van der Waals surface area contributed by atoms with Crippen molar-refractivity contribution in [3.05, 3.63) is 41.7 Å². The van der Waals surface area contributed by atoms with Crippen LogP contribution >= 0.6 is 0 Å². The number of aromatic nitrogens is 3. The first-order valence-corrected chi connectivity index (χ1v) is 5.39. The molecule has 0 radical (unpaired) electrons. The van der Waals surface area contributed by atoms with Gasteiger partial charge in [-0.1, -0.05) is 38.1 Å². The molecule has 84 valence electrons. The van der Waals surface area contributed by atoms with Gasteiger partial charge >= 0.3 is 0 Å². The molecule has 0 fully saturated rings. The van der Waals surface area contributed by atoms with E-state index in [0.29, 0.717) is 18.4 Å². The number of benzene rings is 1. The molecule has 0 aliphatic carbocycles. The molecular formula is C12H16N4. The smallest absolute Gasteiger partial charge is 0.218 e. The van der Waals surface area contributed by atoms with Crippen LogP contribution in [-0.4, -0.2) is 14.8 Å². The molecule has 1 aromatic heterocycles. The van der Waals surface area contributed by atoms with Crippen LogP contribution in [0.15, 0.2) is 30.6 Å². The lowest BCUT2D eigenvalue weighted by molar-refractivity contribution is 0.695. The molecule has 0 aliphatic heterocycles. The predicted molar refractivity (Wildman–Crippen MR) is 64.1 cm³/mol. The van der Waals surface area contributed by atoms with Crippen molar-refractivity contribution in [2.24, 2.45) is 0 Å². The fourth-order valence-electron chi connectivity index (χ4n) is 1.58. The lowest BCUT2D eigenvalue weighted by atomic mass is 10.0. The third-order valence-electron chi connectivity index (χ3n) is 2.62. The maximum Gasteiger partial charge on any atom is 0.218 e. The number of nitrogens with zero attached hydrogens (tertiary/aromatic N) is 3. The summed E-state index contributed by atoms with van der Waals surface area (Å²) in [6.07, 6.45) is 1.47. The molecule has 0 bridgehead atoms. The highest BCUT2D eigenvalue weighted by Crippen LogP contribution is 2.15. The Bertz CT molecular complexity index is 456. The van der Waals surface area contributed by atoms with Crippen LogP contribution < -0.4 is 5.73 Å². The summed E-state index contributed by atoms with van der Waals surface area (Å²) in [6.45, 7) is 5.04. The molecule has 2 rings (SSSR count). The molecule has 0 atom stereocenters. The van der Waals surface area contributed by atoms with Gasteiger partial charge in [0.05, 0.1) is 6.54 Å². The first kappa shape index (κ1) is 10.7. The van der Waals surface area contributed by atoms with E-state index in [-0.39, 0.29) is 0 Å². The normalized spacial score (nSPS) is 10.9. The molecule has 0 aliphatic rings. The van der Waals surface area contributed by atoms with Crippen LogP contribution in [0.1, 0.15) is 30.9 Å². The SMILES string of the molecule is CC(C)c1ccc(Cn2ncnc2N)cc1. The van der Waals surface area contributed by atoms with E-state index < -0.39 is 0 Å². The standard InChI is InChI=1S/C12H16N4/c1-9(2)11-5-3-10(4-6-11)7-16-12(13)14-8-15-16/h3-6,8-9H,7H2,1-2H3,(H2,13,14,15). The maximum atomic E-state index is 5.66. The molecule has 1 aromatic carbocycles. The van der Waals surface area contributed by atoms with E-state index in [2.05, 4.69) is 48.2 Å². The molecular weight excluding hydrogens is 200 g/mol. The fourth-order valence-corrected chi connectivity index (χ4v) is 1.58. The van der Waals surface area contributed by atoms with E-state index in [0.717, 1.165) is 0 Å². The van der Waals surface area contributed by atoms with Crippen LogP contribution in [0.4, 0.5) is 5.95 Å². The summed E-state index contributed by atoms with van der Waals surface area (Å²) in [7, 11) is 0.